The van der Waals surface area contributed by atoms with Gasteiger partial charge in [0.25, 0.3) is 0 Å². The van der Waals surface area contributed by atoms with Crippen molar-refractivity contribution in [2.45, 2.75) is 0 Å². The highest BCUT2D eigenvalue weighted by atomic mass is 32.1. The van der Waals surface area contributed by atoms with Crippen molar-refractivity contribution in [1.82, 2.24) is 0 Å². The maximum atomic E-state index is 2.52. The fourth-order valence-electron chi connectivity index (χ4n) is 8.05. The highest BCUT2D eigenvalue weighted by Crippen LogP contribution is 2.48. The van der Waals surface area contributed by atoms with Crippen molar-refractivity contribution in [3.05, 3.63) is 158 Å². The molecule has 0 aliphatic rings. The van der Waals surface area contributed by atoms with Crippen LogP contribution in [0.2, 0.25) is 0 Å². The van der Waals surface area contributed by atoms with Gasteiger partial charge in [-0.25, -0.2) is 0 Å². The summed E-state index contributed by atoms with van der Waals surface area (Å²) in [5.74, 6) is 0. The lowest BCUT2D eigenvalue weighted by molar-refractivity contribution is 1.67. The molecule has 9 aromatic carbocycles. The predicted octanol–water partition coefficient (Wildman–Crippen LogP) is 14.4. The molecule has 11 aromatic rings. The lowest BCUT2D eigenvalue weighted by atomic mass is 9.88. The van der Waals surface area contributed by atoms with Gasteiger partial charge in [0.15, 0.2) is 0 Å². The molecule has 2 heterocycles. The van der Waals surface area contributed by atoms with Gasteiger partial charge in [-0.1, -0.05) is 121 Å². The second-order valence-electron chi connectivity index (χ2n) is 12.8. The van der Waals surface area contributed by atoms with Crippen LogP contribution in [0.4, 0.5) is 0 Å². The molecule has 0 N–H and O–H groups in total. The molecule has 48 heavy (non-hydrogen) atoms. The van der Waals surface area contributed by atoms with Crippen molar-refractivity contribution in [3.8, 4) is 22.3 Å². The molecule has 11 rings (SSSR count). The second-order valence-corrected chi connectivity index (χ2v) is 14.9. The van der Waals surface area contributed by atoms with E-state index in [-0.39, 0.29) is 0 Å². The average molecular weight is 643 g/mol. The van der Waals surface area contributed by atoms with E-state index in [4.69, 9.17) is 0 Å². The van der Waals surface area contributed by atoms with Crippen LogP contribution in [0.15, 0.2) is 158 Å². The zero-order chi connectivity index (χ0) is 31.3. The molecule has 2 heteroatoms. The Morgan fingerprint density at radius 1 is 0.292 bits per heavy atom. The maximum Gasteiger partial charge on any atom is 0.0440 e. The van der Waals surface area contributed by atoms with Crippen LogP contribution in [0, 0.1) is 0 Å². The molecule has 0 spiro atoms. The lowest BCUT2D eigenvalue weighted by Gasteiger charge is -2.16. The molecule has 0 aliphatic heterocycles. The van der Waals surface area contributed by atoms with Gasteiger partial charge < -0.3 is 0 Å². The van der Waals surface area contributed by atoms with Gasteiger partial charge in [-0.2, -0.15) is 0 Å². The number of hydrogen-bond acceptors (Lipinski definition) is 2. The summed E-state index contributed by atoms with van der Waals surface area (Å²) in [6.07, 6.45) is 0. The van der Waals surface area contributed by atoms with Crippen LogP contribution in [-0.4, -0.2) is 0 Å². The molecule has 0 aliphatic carbocycles. The smallest absolute Gasteiger partial charge is 0.0440 e. The van der Waals surface area contributed by atoms with E-state index in [1.165, 1.54) is 106 Å². The Kier molecular flexibility index (Phi) is 5.51. The van der Waals surface area contributed by atoms with Gasteiger partial charge in [-0.3, -0.25) is 0 Å². The van der Waals surface area contributed by atoms with E-state index < -0.39 is 0 Å². The number of fused-ring (bicyclic) bond motifs is 14. The first-order chi connectivity index (χ1) is 23.8. The summed E-state index contributed by atoms with van der Waals surface area (Å²) in [7, 11) is 0. The van der Waals surface area contributed by atoms with E-state index in [1.54, 1.807) is 0 Å². The first kappa shape index (κ1) is 26.5. The molecule has 0 nitrogen and oxygen atoms in total. The normalized spacial score (nSPS) is 12.2. The summed E-state index contributed by atoms with van der Waals surface area (Å²) >= 11 is 3.85. The van der Waals surface area contributed by atoms with Crippen LogP contribution in [0.5, 0.6) is 0 Å². The Morgan fingerprint density at radius 2 is 0.708 bits per heavy atom. The molecule has 222 valence electrons. The predicted molar refractivity (Wildman–Crippen MR) is 213 cm³/mol. The quantitative estimate of drug-likeness (QED) is 0.130. The highest BCUT2D eigenvalue weighted by Gasteiger charge is 2.19. The lowest BCUT2D eigenvalue weighted by Crippen LogP contribution is -1.89. The van der Waals surface area contributed by atoms with Crippen LogP contribution in [0.3, 0.4) is 0 Å². The first-order valence-electron chi connectivity index (χ1n) is 16.4. The van der Waals surface area contributed by atoms with Crippen molar-refractivity contribution >= 4 is 106 Å². The molecule has 0 unspecified atom stereocenters. The van der Waals surface area contributed by atoms with E-state index >= 15 is 0 Å². The van der Waals surface area contributed by atoms with E-state index in [2.05, 4.69) is 158 Å². The molecule has 0 fully saturated rings. The van der Waals surface area contributed by atoms with Crippen LogP contribution < -0.4 is 0 Å². The minimum atomic E-state index is 1.25. The fourth-order valence-corrected chi connectivity index (χ4v) is 10.6. The van der Waals surface area contributed by atoms with E-state index in [0.717, 1.165) is 0 Å². The zero-order valence-corrected chi connectivity index (χ0v) is 27.5. The third-order valence-corrected chi connectivity index (χ3v) is 12.6. The molecule has 2 aromatic heterocycles. The van der Waals surface area contributed by atoms with Crippen LogP contribution in [0.1, 0.15) is 0 Å². The van der Waals surface area contributed by atoms with Gasteiger partial charge in [0.1, 0.15) is 0 Å². The maximum absolute atomic E-state index is 2.52. The van der Waals surface area contributed by atoms with Gasteiger partial charge in [-0.15, -0.1) is 22.7 Å². The van der Waals surface area contributed by atoms with Crippen LogP contribution >= 0.6 is 22.7 Å². The highest BCUT2D eigenvalue weighted by molar-refractivity contribution is 7.27. The minimum absolute atomic E-state index is 1.25. The van der Waals surface area contributed by atoms with Crippen molar-refractivity contribution in [1.29, 1.82) is 0 Å². The van der Waals surface area contributed by atoms with Gasteiger partial charge in [0, 0.05) is 51.1 Å². The molecular weight excluding hydrogens is 617 g/mol. The van der Waals surface area contributed by atoms with Crippen molar-refractivity contribution < 1.29 is 0 Å². The number of benzene rings is 9. The van der Waals surface area contributed by atoms with Crippen molar-refractivity contribution in [2.24, 2.45) is 0 Å². The van der Waals surface area contributed by atoms with Gasteiger partial charge in [0.05, 0.1) is 0 Å². The monoisotopic (exact) mass is 642 g/mol. The summed E-state index contributed by atoms with van der Waals surface area (Å²) < 4.78 is 5.41. The van der Waals surface area contributed by atoms with Gasteiger partial charge in [-0.05, 0) is 91.0 Å². The number of rotatable bonds is 2. The van der Waals surface area contributed by atoms with Crippen LogP contribution in [-0.2, 0) is 0 Å². The van der Waals surface area contributed by atoms with E-state index in [9.17, 15) is 0 Å². The van der Waals surface area contributed by atoms with Gasteiger partial charge >= 0.3 is 0 Å². The van der Waals surface area contributed by atoms with Crippen molar-refractivity contribution in [2.75, 3.05) is 0 Å². The SMILES string of the molecule is c1ccc(-c2cc3cc4cc(-c5ccccc5)c5ccc6c7ccccc7sc6c5c4cc3c3c2ccc2c4ccccc4sc23)cc1. The molecule has 0 saturated carbocycles. The summed E-state index contributed by atoms with van der Waals surface area (Å²) in [4.78, 5) is 0. The number of hydrogen-bond donors (Lipinski definition) is 0. The fraction of sp³-hybridized carbons (Fsp3) is 0. The van der Waals surface area contributed by atoms with E-state index in [1.807, 2.05) is 22.7 Å². The Labute approximate surface area is 284 Å². The number of thiophene rings is 2. The molecule has 0 bridgehead atoms. The third kappa shape index (κ3) is 3.70. The minimum Gasteiger partial charge on any atom is -0.135 e. The molecule has 0 amide bonds. The largest absolute Gasteiger partial charge is 0.135 e. The Bertz CT molecular complexity index is 2880. The topological polar surface area (TPSA) is 0 Å². The molecule has 0 saturated heterocycles. The average Bonchev–Trinajstić information content (AvgIpc) is 3.72. The Hall–Kier alpha value is -5.54. The Balaban J connectivity index is 1.38. The first-order valence-corrected chi connectivity index (χ1v) is 18.1. The van der Waals surface area contributed by atoms with Gasteiger partial charge in [0.2, 0.25) is 0 Å². The molecule has 0 atom stereocenters. The molecule has 0 radical (unpaired) electrons. The summed E-state index contributed by atoms with van der Waals surface area (Å²) in [5, 5.41) is 15.9. The zero-order valence-electron chi connectivity index (χ0n) is 25.8. The molecular formula is C46H26S2. The summed E-state index contributed by atoms with van der Waals surface area (Å²) in [5.41, 5.74) is 5.07. The summed E-state index contributed by atoms with van der Waals surface area (Å²) in [6, 6.07) is 58.8. The third-order valence-electron chi connectivity index (χ3n) is 10.2. The van der Waals surface area contributed by atoms with Crippen LogP contribution in [0.25, 0.3) is 106 Å². The van der Waals surface area contributed by atoms with Crippen molar-refractivity contribution in [3.63, 3.8) is 0 Å². The Morgan fingerprint density at radius 3 is 1.19 bits per heavy atom. The summed E-state index contributed by atoms with van der Waals surface area (Å²) in [6.45, 7) is 0. The van der Waals surface area contributed by atoms with E-state index in [0.29, 0.717) is 0 Å². The standard InChI is InChI=1S/C46H26S2/c1-3-11-27(12-4-1)37-24-29-23-30-25-38(28-13-5-2-6-14-28)34-20-22-36-32-16-8-10-18-42(32)48-46(36)44(34)40(30)26-39(29)43-33(37)19-21-35-31-15-7-9-17-41(31)47-45(35)43/h1-26H. The second kappa shape index (κ2) is 9.98.